The van der Waals surface area contributed by atoms with Crippen LogP contribution in [0.2, 0.25) is 0 Å². The van der Waals surface area contributed by atoms with Crippen molar-refractivity contribution in [2.75, 3.05) is 19.6 Å². The second-order valence-electron chi connectivity index (χ2n) is 10.3. The third-order valence-electron chi connectivity index (χ3n) is 7.36. The number of benzene rings is 1. The van der Waals surface area contributed by atoms with Gasteiger partial charge in [0.05, 0.1) is 18.9 Å². The van der Waals surface area contributed by atoms with E-state index in [1.165, 1.54) is 29.6 Å². The van der Waals surface area contributed by atoms with Crippen molar-refractivity contribution in [2.45, 2.75) is 62.7 Å². The van der Waals surface area contributed by atoms with Gasteiger partial charge < -0.3 is 37.1 Å². The molecule has 2 aliphatic rings. The quantitative estimate of drug-likeness (QED) is 0.213. The number of phenolic OH excluding ortho intramolecular Hbond substituents is 1. The van der Waals surface area contributed by atoms with E-state index in [1.54, 1.807) is 12.1 Å². The summed E-state index contributed by atoms with van der Waals surface area (Å²) >= 11 is 0. The fraction of sp³-hybridized carbons (Fsp3) is 0.481. The molecule has 3 heterocycles. The number of aromatic amines is 1. The zero-order chi connectivity index (χ0) is 29.5. The minimum Gasteiger partial charge on any atom is -0.508 e. The maximum absolute atomic E-state index is 13.8. The Kier molecular flexibility index (Phi) is 9.68. The van der Waals surface area contributed by atoms with Crippen molar-refractivity contribution in [3.63, 3.8) is 0 Å². The molecule has 220 valence electrons. The van der Waals surface area contributed by atoms with Gasteiger partial charge in [0.25, 0.3) is 0 Å². The molecule has 2 fully saturated rings. The van der Waals surface area contributed by atoms with Gasteiger partial charge in [-0.15, -0.1) is 0 Å². The number of hydrogen-bond acceptors (Lipinski definition) is 9. The fourth-order valence-electron chi connectivity index (χ4n) is 5.24. The van der Waals surface area contributed by atoms with Gasteiger partial charge in [0, 0.05) is 24.9 Å². The van der Waals surface area contributed by atoms with Gasteiger partial charge >= 0.3 is 0 Å². The summed E-state index contributed by atoms with van der Waals surface area (Å²) in [7, 11) is 0. The molecule has 0 unspecified atom stereocenters. The molecule has 14 heteroatoms. The summed E-state index contributed by atoms with van der Waals surface area (Å²) in [5, 5.41) is 14.9. The number of nitrogens with zero attached hydrogens (tertiary/aromatic N) is 3. The molecule has 8 N–H and O–H groups in total. The number of hydrogen-bond donors (Lipinski definition) is 6. The first-order valence-electron chi connectivity index (χ1n) is 13.6. The van der Waals surface area contributed by atoms with Gasteiger partial charge in [0.1, 0.15) is 23.9 Å². The largest absolute Gasteiger partial charge is 0.508 e. The van der Waals surface area contributed by atoms with E-state index in [-0.39, 0.29) is 31.6 Å². The first-order chi connectivity index (χ1) is 19.7. The SMILES string of the molecule is NCCC[C@@H]1C(=O)N[C@@H](Cc2cnc[nH]2)C(=O)N2CCC[C@@H]2C(=O)NCC(=O)N1C(=O)[C@@H](N)Cc1ccc(O)cc1. The number of imidazole rings is 1. The lowest BCUT2D eigenvalue weighted by Crippen LogP contribution is -2.63. The topological polar surface area (TPSA) is 217 Å². The highest BCUT2D eigenvalue weighted by Gasteiger charge is 2.42. The number of nitrogens with two attached hydrogens (primary N) is 2. The summed E-state index contributed by atoms with van der Waals surface area (Å²) in [6, 6.07) is 1.64. The smallest absolute Gasteiger partial charge is 0.249 e. The molecular weight excluding hydrogens is 532 g/mol. The molecule has 14 nitrogen and oxygen atoms in total. The van der Waals surface area contributed by atoms with E-state index in [2.05, 4.69) is 20.6 Å². The molecule has 41 heavy (non-hydrogen) atoms. The van der Waals surface area contributed by atoms with E-state index in [4.69, 9.17) is 11.5 Å². The molecule has 0 spiro atoms. The third kappa shape index (κ3) is 7.08. The first kappa shape index (κ1) is 29.7. The summed E-state index contributed by atoms with van der Waals surface area (Å²) in [5.41, 5.74) is 13.2. The monoisotopic (exact) mass is 568 g/mol. The van der Waals surface area contributed by atoms with Crippen LogP contribution in [0.5, 0.6) is 5.75 Å². The van der Waals surface area contributed by atoms with Crippen LogP contribution in [0.4, 0.5) is 0 Å². The van der Waals surface area contributed by atoms with Crippen LogP contribution in [-0.4, -0.2) is 98.2 Å². The van der Waals surface area contributed by atoms with Crippen LogP contribution in [0.3, 0.4) is 0 Å². The zero-order valence-electron chi connectivity index (χ0n) is 22.6. The molecule has 4 rings (SSSR count). The number of amides is 5. The predicted molar refractivity (Wildman–Crippen MR) is 146 cm³/mol. The molecule has 5 amide bonds. The summed E-state index contributed by atoms with van der Waals surface area (Å²) in [6.45, 7) is -0.0468. The number of imide groups is 1. The number of carbonyl (C=O) groups is 5. The van der Waals surface area contributed by atoms with Gasteiger partial charge in [-0.2, -0.15) is 0 Å². The van der Waals surface area contributed by atoms with Gasteiger partial charge in [0.2, 0.25) is 29.5 Å². The number of nitrogens with one attached hydrogen (secondary N) is 3. The second-order valence-corrected chi connectivity index (χ2v) is 10.3. The normalized spacial score (nSPS) is 22.8. The van der Waals surface area contributed by atoms with Crippen LogP contribution in [-0.2, 0) is 36.8 Å². The first-order valence-corrected chi connectivity index (χ1v) is 13.6. The summed E-state index contributed by atoms with van der Waals surface area (Å²) in [6.07, 6.45) is 4.35. The number of phenols is 1. The number of fused-ring (bicyclic) bond motifs is 1. The van der Waals surface area contributed by atoms with Crippen molar-refractivity contribution in [3.8, 4) is 5.75 Å². The number of aromatic nitrogens is 2. The Hall–Kier alpha value is -4.30. The molecule has 0 aliphatic carbocycles. The number of carbonyl (C=O) groups excluding carboxylic acids is 5. The molecule has 2 aromatic rings. The van der Waals surface area contributed by atoms with Crippen LogP contribution in [0.15, 0.2) is 36.8 Å². The highest BCUT2D eigenvalue weighted by atomic mass is 16.3. The average molecular weight is 569 g/mol. The van der Waals surface area contributed by atoms with E-state index >= 15 is 0 Å². The van der Waals surface area contributed by atoms with Gasteiger partial charge in [-0.3, -0.25) is 28.9 Å². The maximum Gasteiger partial charge on any atom is 0.249 e. The Morgan fingerprint density at radius 3 is 2.59 bits per heavy atom. The van der Waals surface area contributed by atoms with Crippen molar-refractivity contribution in [1.29, 1.82) is 0 Å². The highest BCUT2D eigenvalue weighted by molar-refractivity contribution is 6.05. The average Bonchev–Trinajstić information content (AvgIpc) is 3.66. The van der Waals surface area contributed by atoms with E-state index in [0.29, 0.717) is 37.1 Å². The number of rotatable bonds is 8. The molecule has 0 saturated carbocycles. The molecule has 0 radical (unpaired) electrons. The minimum atomic E-state index is -1.33. The number of H-pyrrole nitrogens is 1. The minimum absolute atomic E-state index is 0.0248. The molecule has 2 saturated heterocycles. The Labute approximate surface area is 236 Å². The molecule has 1 aromatic carbocycles. The standard InChI is InChI=1S/C27H36N8O6/c28-9-1-3-22-25(39)33-20(12-17-13-30-15-32-17)27(41)34-10-2-4-21(34)24(38)31-14-23(37)35(22)26(40)19(29)11-16-5-7-18(36)8-6-16/h5-8,13,15,19-22,36H,1-4,9-12,14,28-29H2,(H,30,32)(H,31,38)(H,33,39)/t19-,20-,21+,22+/m0/s1. The zero-order valence-corrected chi connectivity index (χ0v) is 22.6. The second kappa shape index (κ2) is 13.4. The third-order valence-corrected chi connectivity index (χ3v) is 7.36. The van der Waals surface area contributed by atoms with Crippen molar-refractivity contribution in [3.05, 3.63) is 48.0 Å². The van der Waals surface area contributed by atoms with Crippen LogP contribution in [0, 0.1) is 0 Å². The van der Waals surface area contributed by atoms with Crippen molar-refractivity contribution >= 4 is 29.5 Å². The van der Waals surface area contributed by atoms with Crippen molar-refractivity contribution < 1.29 is 29.1 Å². The van der Waals surface area contributed by atoms with E-state index in [1.807, 2.05) is 0 Å². The summed E-state index contributed by atoms with van der Waals surface area (Å²) in [5.74, 6) is -3.25. The van der Waals surface area contributed by atoms with Crippen LogP contribution in [0.25, 0.3) is 0 Å². The molecule has 2 aliphatic heterocycles. The number of aromatic hydroxyl groups is 1. The van der Waals surface area contributed by atoms with E-state index in [0.717, 1.165) is 4.90 Å². The van der Waals surface area contributed by atoms with Gasteiger partial charge in [-0.25, -0.2) is 4.98 Å². The molecule has 0 bridgehead atoms. The lowest BCUT2D eigenvalue weighted by Gasteiger charge is -2.35. The Bertz CT molecular complexity index is 1250. The summed E-state index contributed by atoms with van der Waals surface area (Å²) < 4.78 is 0. The van der Waals surface area contributed by atoms with Gasteiger partial charge in [-0.1, -0.05) is 12.1 Å². The van der Waals surface area contributed by atoms with Gasteiger partial charge in [-0.05, 0) is 56.3 Å². The Morgan fingerprint density at radius 2 is 1.90 bits per heavy atom. The van der Waals surface area contributed by atoms with Crippen molar-refractivity contribution in [1.82, 2.24) is 30.4 Å². The summed E-state index contributed by atoms with van der Waals surface area (Å²) in [4.78, 5) is 76.9. The van der Waals surface area contributed by atoms with E-state index in [9.17, 15) is 29.1 Å². The van der Waals surface area contributed by atoms with Crippen LogP contribution >= 0.6 is 0 Å². The molecule has 4 atom stereocenters. The molecular formula is C27H36N8O6. The van der Waals surface area contributed by atoms with Gasteiger partial charge in [0.15, 0.2) is 0 Å². The lowest BCUT2D eigenvalue weighted by molar-refractivity contribution is -0.154. The Balaban J connectivity index is 1.68. The van der Waals surface area contributed by atoms with Crippen LogP contribution < -0.4 is 22.1 Å². The predicted octanol–water partition coefficient (Wildman–Crippen LogP) is -1.70. The molecule has 1 aromatic heterocycles. The maximum atomic E-state index is 13.8. The van der Waals surface area contributed by atoms with Crippen LogP contribution in [0.1, 0.15) is 36.9 Å². The van der Waals surface area contributed by atoms with Crippen molar-refractivity contribution in [2.24, 2.45) is 11.5 Å². The van der Waals surface area contributed by atoms with E-state index < -0.39 is 60.2 Å². The Morgan fingerprint density at radius 1 is 1.15 bits per heavy atom. The lowest BCUT2D eigenvalue weighted by atomic mass is 10.0. The fourth-order valence-corrected chi connectivity index (χ4v) is 5.24. The highest BCUT2D eigenvalue weighted by Crippen LogP contribution is 2.21.